The lowest BCUT2D eigenvalue weighted by atomic mass is 10.2. The Kier molecular flexibility index (Phi) is 4.30. The summed E-state index contributed by atoms with van der Waals surface area (Å²) in [5.41, 5.74) is 4.11. The van der Waals surface area contributed by atoms with Crippen LogP contribution in [-0.4, -0.2) is 24.5 Å². The van der Waals surface area contributed by atoms with Gasteiger partial charge in [-0.1, -0.05) is 0 Å². The molecule has 0 saturated carbocycles. The van der Waals surface area contributed by atoms with E-state index < -0.39 is 41.7 Å². The average Bonchev–Trinajstić information content (AvgIpc) is 2.25. The quantitative estimate of drug-likeness (QED) is 0.762. The van der Waals surface area contributed by atoms with Gasteiger partial charge in [-0.3, -0.25) is 10.1 Å². The summed E-state index contributed by atoms with van der Waals surface area (Å²) >= 11 is 0. The number of halogens is 2. The van der Waals surface area contributed by atoms with Crippen molar-refractivity contribution in [2.45, 2.75) is 0 Å². The fourth-order valence-electron chi connectivity index (χ4n) is 1.04. The summed E-state index contributed by atoms with van der Waals surface area (Å²) in [5.74, 6) is -4.09. The molecule has 0 unspecified atom stereocenters. The molecule has 1 aromatic rings. The predicted octanol–water partition coefficient (Wildman–Crippen LogP) is 0.317. The lowest BCUT2D eigenvalue weighted by Crippen LogP contribution is -2.37. The van der Waals surface area contributed by atoms with Crippen LogP contribution in [0, 0.1) is 11.6 Å². The molecule has 0 aromatic heterocycles. The van der Waals surface area contributed by atoms with Crippen molar-refractivity contribution in [1.29, 1.82) is 0 Å². The van der Waals surface area contributed by atoms with Crippen molar-refractivity contribution in [3.63, 3.8) is 0 Å². The highest BCUT2D eigenvalue weighted by Crippen LogP contribution is 2.10. The first-order valence-electron chi connectivity index (χ1n) is 4.61. The minimum Gasteiger partial charge on any atom is -0.452 e. The van der Waals surface area contributed by atoms with E-state index in [2.05, 4.69) is 10.5 Å². The standard InChI is InChI=1S/C10H8F2N2O4/c11-5-1-2-6(7(12)3-5)9(16)18-4-8(15)14-10(13)17/h1-3H,4H2,(H3,13,14,15,17). The lowest BCUT2D eigenvalue weighted by Gasteiger charge is -2.05. The zero-order chi connectivity index (χ0) is 13.7. The molecule has 0 fully saturated rings. The van der Waals surface area contributed by atoms with Crippen LogP contribution in [0.1, 0.15) is 10.4 Å². The smallest absolute Gasteiger partial charge is 0.341 e. The van der Waals surface area contributed by atoms with E-state index in [4.69, 9.17) is 0 Å². The van der Waals surface area contributed by atoms with Crippen molar-refractivity contribution < 1.29 is 27.9 Å². The van der Waals surface area contributed by atoms with Gasteiger partial charge in [-0.15, -0.1) is 0 Å². The molecule has 0 aliphatic rings. The number of hydrogen-bond donors (Lipinski definition) is 2. The highest BCUT2D eigenvalue weighted by Gasteiger charge is 2.15. The fourth-order valence-corrected chi connectivity index (χ4v) is 1.04. The molecule has 0 heterocycles. The van der Waals surface area contributed by atoms with Crippen molar-refractivity contribution >= 4 is 17.9 Å². The fraction of sp³-hybridized carbons (Fsp3) is 0.100. The van der Waals surface area contributed by atoms with Crippen LogP contribution in [0.5, 0.6) is 0 Å². The molecule has 0 aliphatic carbocycles. The van der Waals surface area contributed by atoms with Gasteiger partial charge >= 0.3 is 12.0 Å². The summed E-state index contributed by atoms with van der Waals surface area (Å²) in [6, 6.07) is 1.13. The topological polar surface area (TPSA) is 98.5 Å². The maximum absolute atomic E-state index is 13.1. The number of imide groups is 1. The van der Waals surface area contributed by atoms with Gasteiger partial charge in [0.2, 0.25) is 0 Å². The number of urea groups is 1. The summed E-state index contributed by atoms with van der Waals surface area (Å²) in [4.78, 5) is 32.4. The molecule has 8 heteroatoms. The first-order chi connectivity index (χ1) is 8.40. The van der Waals surface area contributed by atoms with Gasteiger partial charge in [0, 0.05) is 6.07 Å². The molecule has 1 rings (SSSR count). The van der Waals surface area contributed by atoms with Gasteiger partial charge < -0.3 is 10.5 Å². The molecule has 0 atom stereocenters. The maximum atomic E-state index is 13.1. The second-order valence-electron chi connectivity index (χ2n) is 3.11. The van der Waals surface area contributed by atoms with E-state index in [0.717, 1.165) is 12.1 Å². The third kappa shape index (κ3) is 3.81. The van der Waals surface area contributed by atoms with Gasteiger partial charge in [0.25, 0.3) is 5.91 Å². The molecule has 0 bridgehead atoms. The summed E-state index contributed by atoms with van der Waals surface area (Å²) in [5, 5.41) is 1.64. The van der Waals surface area contributed by atoms with Gasteiger partial charge in [-0.25, -0.2) is 18.4 Å². The van der Waals surface area contributed by atoms with Crippen LogP contribution in [0.25, 0.3) is 0 Å². The van der Waals surface area contributed by atoms with Crippen molar-refractivity contribution in [2.24, 2.45) is 5.73 Å². The van der Waals surface area contributed by atoms with Gasteiger partial charge in [0.15, 0.2) is 6.61 Å². The Hall–Kier alpha value is -2.51. The molecule has 1 aromatic carbocycles. The minimum absolute atomic E-state index is 0.500. The van der Waals surface area contributed by atoms with E-state index in [0.29, 0.717) is 6.07 Å². The molecule has 18 heavy (non-hydrogen) atoms. The number of rotatable bonds is 3. The van der Waals surface area contributed by atoms with Crippen molar-refractivity contribution in [3.8, 4) is 0 Å². The maximum Gasteiger partial charge on any atom is 0.341 e. The zero-order valence-electron chi connectivity index (χ0n) is 8.91. The van der Waals surface area contributed by atoms with Crippen molar-refractivity contribution in [1.82, 2.24) is 5.32 Å². The Morgan fingerprint density at radius 3 is 2.50 bits per heavy atom. The minimum atomic E-state index is -1.16. The number of hydrogen-bond acceptors (Lipinski definition) is 4. The van der Waals surface area contributed by atoms with Gasteiger partial charge in [-0.2, -0.15) is 0 Å². The predicted molar refractivity (Wildman–Crippen MR) is 54.4 cm³/mol. The first-order valence-corrected chi connectivity index (χ1v) is 4.61. The summed E-state index contributed by atoms with van der Waals surface area (Å²) < 4.78 is 30.1. The summed E-state index contributed by atoms with van der Waals surface area (Å²) in [6.07, 6.45) is 0. The highest BCUT2D eigenvalue weighted by molar-refractivity contribution is 5.96. The SMILES string of the molecule is NC(=O)NC(=O)COC(=O)c1ccc(F)cc1F. The Labute approximate surface area is 99.7 Å². The highest BCUT2D eigenvalue weighted by atomic mass is 19.1. The zero-order valence-corrected chi connectivity index (χ0v) is 8.91. The number of benzene rings is 1. The number of carbonyl (C=O) groups is 3. The van der Waals surface area contributed by atoms with E-state index in [1.807, 2.05) is 0 Å². The van der Waals surface area contributed by atoms with Crippen LogP contribution in [0.15, 0.2) is 18.2 Å². The third-order valence-electron chi connectivity index (χ3n) is 1.75. The van der Waals surface area contributed by atoms with Crippen LogP contribution >= 0.6 is 0 Å². The Balaban J connectivity index is 2.60. The van der Waals surface area contributed by atoms with Crippen LogP contribution < -0.4 is 11.1 Å². The molecule has 0 spiro atoms. The average molecular weight is 258 g/mol. The number of ether oxygens (including phenoxy) is 1. The molecule has 3 N–H and O–H groups in total. The van der Waals surface area contributed by atoms with E-state index in [-0.39, 0.29) is 0 Å². The monoisotopic (exact) mass is 258 g/mol. The molecular weight excluding hydrogens is 250 g/mol. The van der Waals surface area contributed by atoms with Crippen LogP contribution in [-0.2, 0) is 9.53 Å². The second-order valence-corrected chi connectivity index (χ2v) is 3.11. The number of nitrogens with one attached hydrogen (secondary N) is 1. The molecule has 0 radical (unpaired) electrons. The Morgan fingerprint density at radius 1 is 1.28 bits per heavy atom. The Morgan fingerprint density at radius 2 is 1.94 bits per heavy atom. The van der Waals surface area contributed by atoms with E-state index >= 15 is 0 Å². The normalized spacial score (nSPS) is 9.67. The summed E-state index contributed by atoms with van der Waals surface area (Å²) in [6.45, 7) is -0.807. The molecular formula is C10H8F2N2O4. The molecule has 96 valence electrons. The van der Waals surface area contributed by atoms with Crippen LogP contribution in [0.2, 0.25) is 0 Å². The largest absolute Gasteiger partial charge is 0.452 e. The van der Waals surface area contributed by atoms with Crippen LogP contribution in [0.3, 0.4) is 0 Å². The van der Waals surface area contributed by atoms with Gasteiger partial charge in [-0.05, 0) is 12.1 Å². The number of esters is 1. The van der Waals surface area contributed by atoms with Gasteiger partial charge in [0.05, 0.1) is 5.56 Å². The second kappa shape index (κ2) is 5.71. The first kappa shape index (κ1) is 13.6. The van der Waals surface area contributed by atoms with E-state index in [1.54, 1.807) is 5.32 Å². The molecule has 6 nitrogen and oxygen atoms in total. The van der Waals surface area contributed by atoms with Gasteiger partial charge in [0.1, 0.15) is 11.6 Å². The third-order valence-corrected chi connectivity index (χ3v) is 1.75. The van der Waals surface area contributed by atoms with Crippen molar-refractivity contribution in [3.05, 3.63) is 35.4 Å². The summed E-state index contributed by atoms with van der Waals surface area (Å²) in [7, 11) is 0. The lowest BCUT2D eigenvalue weighted by molar-refractivity contribution is -0.123. The van der Waals surface area contributed by atoms with Crippen LogP contribution in [0.4, 0.5) is 13.6 Å². The molecule has 0 aliphatic heterocycles. The molecule has 3 amide bonds. The Bertz CT molecular complexity index is 505. The molecule has 0 saturated heterocycles. The number of primary amides is 1. The number of nitrogens with two attached hydrogens (primary N) is 1. The number of carbonyl (C=O) groups excluding carboxylic acids is 3. The number of amides is 3. The van der Waals surface area contributed by atoms with Crippen molar-refractivity contribution in [2.75, 3.05) is 6.61 Å². The van der Waals surface area contributed by atoms with E-state index in [1.165, 1.54) is 0 Å². The van der Waals surface area contributed by atoms with E-state index in [9.17, 15) is 23.2 Å².